The first-order valence-corrected chi connectivity index (χ1v) is 5.65. The summed E-state index contributed by atoms with van der Waals surface area (Å²) in [6, 6.07) is 4.26. The molecule has 0 unspecified atom stereocenters. The summed E-state index contributed by atoms with van der Waals surface area (Å²) in [6.07, 6.45) is 3.00. The zero-order valence-corrected chi connectivity index (χ0v) is 10.6. The Morgan fingerprint density at radius 3 is 2.60 bits per heavy atom. The molecule has 0 spiro atoms. The molecular weight excluding hydrogens is 264 g/mol. The van der Waals surface area contributed by atoms with E-state index in [1.54, 1.807) is 6.07 Å². The molecule has 0 amide bonds. The Hall–Kier alpha value is -2.74. The zero-order valence-electron chi connectivity index (χ0n) is 10.6. The fraction of sp³-hybridized carbons (Fsp3) is 0.167. The average molecular weight is 276 g/mol. The molecule has 8 nitrogen and oxygen atoms in total. The van der Waals surface area contributed by atoms with Gasteiger partial charge in [-0.3, -0.25) is 10.1 Å². The highest BCUT2D eigenvalue weighted by molar-refractivity contribution is 5.51. The van der Waals surface area contributed by atoms with Crippen LogP contribution in [0.3, 0.4) is 0 Å². The van der Waals surface area contributed by atoms with Gasteiger partial charge in [0.15, 0.2) is 0 Å². The van der Waals surface area contributed by atoms with Gasteiger partial charge in [-0.2, -0.15) is 0 Å². The van der Waals surface area contributed by atoms with Crippen LogP contribution in [0, 0.1) is 10.1 Å². The van der Waals surface area contributed by atoms with Gasteiger partial charge >= 0.3 is 11.7 Å². The first-order valence-electron chi connectivity index (χ1n) is 5.65. The van der Waals surface area contributed by atoms with E-state index in [1.165, 1.54) is 31.6 Å². The molecule has 2 rings (SSSR count). The highest BCUT2D eigenvalue weighted by atomic mass is 16.6. The van der Waals surface area contributed by atoms with Gasteiger partial charge in [-0.25, -0.2) is 9.97 Å². The van der Waals surface area contributed by atoms with E-state index in [2.05, 4.69) is 9.97 Å². The van der Waals surface area contributed by atoms with E-state index >= 15 is 0 Å². The summed E-state index contributed by atoms with van der Waals surface area (Å²) < 4.78 is 10.2. The lowest BCUT2D eigenvalue weighted by Gasteiger charge is -2.06. The Bertz CT molecular complexity index is 615. The molecule has 0 aliphatic carbocycles. The van der Waals surface area contributed by atoms with Crippen LogP contribution in [0.5, 0.6) is 17.5 Å². The number of nitrogens with two attached hydrogens (primary N) is 1. The molecule has 0 aliphatic rings. The summed E-state index contributed by atoms with van der Waals surface area (Å²) in [5.41, 5.74) is 5.94. The number of rotatable bonds is 5. The zero-order chi connectivity index (χ0) is 14.5. The number of hydrogen-bond acceptors (Lipinski definition) is 7. The first kappa shape index (κ1) is 13.7. The van der Waals surface area contributed by atoms with Gasteiger partial charge in [0.2, 0.25) is 5.75 Å². The van der Waals surface area contributed by atoms with Gasteiger partial charge < -0.3 is 15.2 Å². The minimum Gasteiger partial charge on any atom is -0.496 e. The summed E-state index contributed by atoms with van der Waals surface area (Å²) in [6.45, 7) is 0.308. The van der Waals surface area contributed by atoms with Crippen LogP contribution in [0.15, 0.2) is 30.6 Å². The van der Waals surface area contributed by atoms with Crippen molar-refractivity contribution in [2.75, 3.05) is 7.11 Å². The molecule has 0 bridgehead atoms. The van der Waals surface area contributed by atoms with E-state index in [1.807, 2.05) is 0 Å². The predicted molar refractivity (Wildman–Crippen MR) is 69.6 cm³/mol. The maximum absolute atomic E-state index is 11.0. The lowest BCUT2D eigenvalue weighted by Crippen LogP contribution is -2.00. The Morgan fingerprint density at radius 1 is 1.35 bits per heavy atom. The average Bonchev–Trinajstić information content (AvgIpc) is 2.48. The lowest BCUT2D eigenvalue weighted by atomic mass is 10.3. The van der Waals surface area contributed by atoms with Gasteiger partial charge in [0.25, 0.3) is 0 Å². The highest BCUT2D eigenvalue weighted by Crippen LogP contribution is 2.33. The number of methoxy groups -OCH3 is 1. The van der Waals surface area contributed by atoms with Crippen LogP contribution in [0.25, 0.3) is 0 Å². The molecule has 0 radical (unpaired) electrons. The second-order valence-corrected chi connectivity index (χ2v) is 3.77. The monoisotopic (exact) mass is 276 g/mol. The second-order valence-electron chi connectivity index (χ2n) is 3.77. The number of nitro groups is 1. The fourth-order valence-corrected chi connectivity index (χ4v) is 1.45. The minimum atomic E-state index is -0.563. The van der Waals surface area contributed by atoms with Crippen LogP contribution < -0.4 is 15.2 Å². The topological polar surface area (TPSA) is 113 Å². The van der Waals surface area contributed by atoms with Crippen molar-refractivity contribution < 1.29 is 14.4 Å². The number of nitrogens with zero attached hydrogens (tertiary/aromatic N) is 3. The van der Waals surface area contributed by atoms with Crippen LogP contribution in [-0.2, 0) is 6.54 Å². The Balaban J connectivity index is 2.29. The molecule has 1 aromatic carbocycles. The maximum Gasteiger partial charge on any atom is 0.322 e. The van der Waals surface area contributed by atoms with Crippen LogP contribution in [-0.4, -0.2) is 22.0 Å². The number of benzene rings is 1. The summed E-state index contributed by atoms with van der Waals surface area (Å²) in [7, 11) is 1.42. The van der Waals surface area contributed by atoms with Crippen LogP contribution in [0.4, 0.5) is 5.69 Å². The molecule has 20 heavy (non-hydrogen) atoms. The van der Waals surface area contributed by atoms with Crippen molar-refractivity contribution in [3.8, 4) is 17.5 Å². The van der Waals surface area contributed by atoms with Gasteiger partial charge in [-0.05, 0) is 12.1 Å². The van der Waals surface area contributed by atoms with Crippen molar-refractivity contribution in [1.82, 2.24) is 9.97 Å². The van der Waals surface area contributed by atoms with Crippen molar-refractivity contribution >= 4 is 5.69 Å². The van der Waals surface area contributed by atoms with E-state index in [4.69, 9.17) is 15.2 Å². The Kier molecular flexibility index (Phi) is 4.06. The number of ether oxygens (including phenoxy) is 2. The van der Waals surface area contributed by atoms with E-state index in [0.717, 1.165) is 5.56 Å². The van der Waals surface area contributed by atoms with Gasteiger partial charge in [0.1, 0.15) is 5.75 Å². The van der Waals surface area contributed by atoms with Gasteiger partial charge in [-0.1, -0.05) is 0 Å². The van der Waals surface area contributed by atoms with Crippen molar-refractivity contribution in [3.05, 3.63) is 46.3 Å². The second kappa shape index (κ2) is 5.93. The molecule has 104 valence electrons. The predicted octanol–water partition coefficient (Wildman–Crippen LogP) is 1.64. The number of aromatic nitrogens is 2. The molecule has 0 saturated heterocycles. The molecule has 0 aliphatic heterocycles. The third kappa shape index (κ3) is 2.98. The summed E-state index contributed by atoms with van der Waals surface area (Å²) in [5.74, 6) is 0.403. The normalized spacial score (nSPS) is 10.1. The summed E-state index contributed by atoms with van der Waals surface area (Å²) in [5, 5.41) is 11.0. The van der Waals surface area contributed by atoms with E-state index < -0.39 is 4.92 Å². The third-order valence-corrected chi connectivity index (χ3v) is 2.48. The first-order chi connectivity index (χ1) is 9.63. The Morgan fingerprint density at radius 2 is 2.05 bits per heavy atom. The third-order valence-electron chi connectivity index (χ3n) is 2.48. The highest BCUT2D eigenvalue weighted by Gasteiger charge is 2.18. The molecule has 1 aromatic heterocycles. The van der Waals surface area contributed by atoms with Crippen LogP contribution in [0.1, 0.15) is 5.56 Å². The van der Waals surface area contributed by atoms with Crippen molar-refractivity contribution in [3.63, 3.8) is 0 Å². The van der Waals surface area contributed by atoms with Crippen molar-refractivity contribution in [2.24, 2.45) is 5.73 Å². The molecule has 8 heteroatoms. The van der Waals surface area contributed by atoms with Crippen molar-refractivity contribution in [1.29, 1.82) is 0 Å². The van der Waals surface area contributed by atoms with Gasteiger partial charge in [-0.15, -0.1) is 0 Å². The number of hydrogen-bond donors (Lipinski definition) is 1. The molecule has 0 atom stereocenters. The summed E-state index contributed by atoms with van der Waals surface area (Å²) >= 11 is 0. The largest absolute Gasteiger partial charge is 0.496 e. The Labute approximate surface area is 114 Å². The maximum atomic E-state index is 11.0. The fourth-order valence-electron chi connectivity index (χ4n) is 1.45. The van der Waals surface area contributed by atoms with Gasteiger partial charge in [0.05, 0.1) is 18.1 Å². The number of nitro benzene ring substituents is 1. The molecule has 2 N–H and O–H groups in total. The minimum absolute atomic E-state index is 0.00969. The standard InChI is InChI=1S/C12H12N4O4/c1-19-9-2-3-11(10(4-9)16(17)18)20-12-14-6-8(5-13)7-15-12/h2-4,6-7H,5,13H2,1H3. The van der Waals surface area contributed by atoms with E-state index in [-0.39, 0.29) is 17.4 Å². The molecule has 0 saturated carbocycles. The smallest absolute Gasteiger partial charge is 0.322 e. The molecule has 1 heterocycles. The van der Waals surface area contributed by atoms with Crippen LogP contribution in [0.2, 0.25) is 0 Å². The van der Waals surface area contributed by atoms with Gasteiger partial charge in [0, 0.05) is 24.5 Å². The molecule has 0 fully saturated rings. The van der Waals surface area contributed by atoms with E-state index in [0.29, 0.717) is 12.3 Å². The lowest BCUT2D eigenvalue weighted by molar-refractivity contribution is -0.385. The van der Waals surface area contributed by atoms with E-state index in [9.17, 15) is 10.1 Å². The molecule has 2 aromatic rings. The van der Waals surface area contributed by atoms with Crippen molar-refractivity contribution in [2.45, 2.75) is 6.54 Å². The SMILES string of the molecule is COc1ccc(Oc2ncc(CN)cn2)c([N+](=O)[O-])c1. The quantitative estimate of drug-likeness (QED) is 0.652. The van der Waals surface area contributed by atoms with Crippen LogP contribution >= 0.6 is 0 Å². The summed E-state index contributed by atoms with van der Waals surface area (Å²) in [4.78, 5) is 18.3. The molecular formula is C12H12N4O4.